The summed E-state index contributed by atoms with van der Waals surface area (Å²) in [5, 5.41) is 0. The predicted molar refractivity (Wildman–Crippen MR) is 43.3 cm³/mol. The number of hydrogen-bond acceptors (Lipinski definition) is 3. The number of amides is 2. The molecule has 0 atom stereocenters. The third kappa shape index (κ3) is 2.30. The van der Waals surface area contributed by atoms with Gasteiger partial charge in [-0.2, -0.15) is 0 Å². The molecule has 0 radical (unpaired) electrons. The molecule has 0 unspecified atom stereocenters. The van der Waals surface area contributed by atoms with Gasteiger partial charge in [-0.05, 0) is 0 Å². The standard InChI is InChI=1S/C6H5NO3.C2H6/c8-4-3-7-5(9)1-2-6(7)10;1-2/h1-2,4H,3H2;1-2H3. The van der Waals surface area contributed by atoms with Gasteiger partial charge in [0.15, 0.2) is 0 Å². The first kappa shape index (κ1) is 10.6. The van der Waals surface area contributed by atoms with Gasteiger partial charge in [0.1, 0.15) is 6.29 Å². The fourth-order valence-electron chi connectivity index (χ4n) is 0.686. The zero-order valence-corrected chi connectivity index (χ0v) is 7.11. The Morgan fingerprint density at radius 3 is 2.00 bits per heavy atom. The molecule has 4 heteroatoms. The van der Waals surface area contributed by atoms with E-state index in [4.69, 9.17) is 0 Å². The van der Waals surface area contributed by atoms with Gasteiger partial charge >= 0.3 is 0 Å². The highest BCUT2D eigenvalue weighted by Crippen LogP contribution is 2.00. The van der Waals surface area contributed by atoms with Crippen LogP contribution in [0.3, 0.4) is 0 Å². The van der Waals surface area contributed by atoms with Gasteiger partial charge in [0.25, 0.3) is 11.8 Å². The monoisotopic (exact) mass is 169 g/mol. The Morgan fingerprint density at radius 2 is 1.67 bits per heavy atom. The molecule has 4 nitrogen and oxygen atoms in total. The van der Waals surface area contributed by atoms with E-state index in [1.54, 1.807) is 0 Å². The first-order chi connectivity index (χ1) is 5.75. The number of imide groups is 1. The zero-order valence-electron chi connectivity index (χ0n) is 7.11. The molecule has 66 valence electrons. The van der Waals surface area contributed by atoms with Crippen molar-refractivity contribution >= 4 is 18.1 Å². The highest BCUT2D eigenvalue weighted by atomic mass is 16.2. The van der Waals surface area contributed by atoms with Crippen LogP contribution in [0.25, 0.3) is 0 Å². The van der Waals surface area contributed by atoms with Gasteiger partial charge in [-0.1, -0.05) is 13.8 Å². The Kier molecular flexibility index (Phi) is 4.60. The van der Waals surface area contributed by atoms with Gasteiger partial charge in [-0.25, -0.2) is 0 Å². The molecule has 0 saturated carbocycles. The Bertz CT molecular complexity index is 202. The summed E-state index contributed by atoms with van der Waals surface area (Å²) in [5.41, 5.74) is 0. The maximum atomic E-state index is 10.6. The van der Waals surface area contributed by atoms with Crippen molar-refractivity contribution in [1.82, 2.24) is 4.90 Å². The molecule has 12 heavy (non-hydrogen) atoms. The van der Waals surface area contributed by atoms with Gasteiger partial charge in [0.05, 0.1) is 6.54 Å². The number of aldehydes is 1. The van der Waals surface area contributed by atoms with E-state index < -0.39 is 11.8 Å². The van der Waals surface area contributed by atoms with Crippen LogP contribution >= 0.6 is 0 Å². The normalized spacial score (nSPS) is 14.3. The van der Waals surface area contributed by atoms with Gasteiger partial charge in [0.2, 0.25) is 0 Å². The van der Waals surface area contributed by atoms with E-state index in [1.807, 2.05) is 13.8 Å². The van der Waals surface area contributed by atoms with E-state index in [0.29, 0.717) is 6.29 Å². The fraction of sp³-hybridized carbons (Fsp3) is 0.375. The Labute approximate surface area is 70.8 Å². The van der Waals surface area contributed by atoms with Crippen LogP contribution in [0.5, 0.6) is 0 Å². The lowest BCUT2D eigenvalue weighted by Crippen LogP contribution is -2.31. The molecule has 1 rings (SSSR count). The maximum Gasteiger partial charge on any atom is 0.254 e. The van der Waals surface area contributed by atoms with Gasteiger partial charge in [-0.15, -0.1) is 0 Å². The van der Waals surface area contributed by atoms with Crippen LogP contribution in [0.2, 0.25) is 0 Å². The van der Waals surface area contributed by atoms with Gasteiger partial charge in [-0.3, -0.25) is 14.5 Å². The molecule has 0 bridgehead atoms. The first-order valence-corrected chi connectivity index (χ1v) is 3.73. The quantitative estimate of drug-likeness (QED) is 0.436. The van der Waals surface area contributed by atoms with Gasteiger partial charge < -0.3 is 4.79 Å². The van der Waals surface area contributed by atoms with E-state index >= 15 is 0 Å². The van der Waals surface area contributed by atoms with E-state index in [0.717, 1.165) is 17.1 Å². The van der Waals surface area contributed by atoms with Crippen LogP contribution < -0.4 is 0 Å². The predicted octanol–water partition coefficient (Wildman–Crippen LogP) is 0.137. The van der Waals surface area contributed by atoms with E-state index in [2.05, 4.69) is 0 Å². The van der Waals surface area contributed by atoms with E-state index in [1.165, 1.54) is 0 Å². The minimum Gasteiger partial charge on any atom is -0.301 e. The molecule has 0 fully saturated rings. The number of nitrogens with zero attached hydrogens (tertiary/aromatic N) is 1. The van der Waals surface area contributed by atoms with Gasteiger partial charge in [0, 0.05) is 12.2 Å². The number of hydrogen-bond donors (Lipinski definition) is 0. The molecule has 0 aromatic carbocycles. The van der Waals surface area contributed by atoms with Crippen LogP contribution in [-0.2, 0) is 14.4 Å². The molecule has 1 aliphatic heterocycles. The zero-order chi connectivity index (χ0) is 9.56. The summed E-state index contributed by atoms with van der Waals surface area (Å²) in [6.45, 7) is 3.85. The van der Waals surface area contributed by atoms with Crippen LogP contribution in [0, 0.1) is 0 Å². The molecule has 0 aromatic rings. The summed E-state index contributed by atoms with van der Waals surface area (Å²) in [5.74, 6) is -0.839. The van der Waals surface area contributed by atoms with Crippen LogP contribution in [-0.4, -0.2) is 29.5 Å². The topological polar surface area (TPSA) is 54.5 Å². The maximum absolute atomic E-state index is 10.6. The van der Waals surface area contributed by atoms with Crippen molar-refractivity contribution in [3.63, 3.8) is 0 Å². The molecule has 0 saturated heterocycles. The third-order valence-corrected chi connectivity index (χ3v) is 1.16. The lowest BCUT2D eigenvalue weighted by atomic mass is 10.5. The second kappa shape index (κ2) is 5.23. The molecule has 0 spiro atoms. The molecular weight excluding hydrogens is 158 g/mol. The highest BCUT2D eigenvalue weighted by Gasteiger charge is 2.21. The average Bonchev–Trinajstić information content (AvgIpc) is 2.40. The van der Waals surface area contributed by atoms with Crippen molar-refractivity contribution in [3.8, 4) is 0 Å². The second-order valence-electron chi connectivity index (χ2n) is 1.79. The van der Waals surface area contributed by atoms with Crippen molar-refractivity contribution in [2.75, 3.05) is 6.54 Å². The molecule has 2 amide bonds. The van der Waals surface area contributed by atoms with Crippen LogP contribution in [0.15, 0.2) is 12.2 Å². The molecule has 1 aliphatic rings. The van der Waals surface area contributed by atoms with Crippen molar-refractivity contribution in [3.05, 3.63) is 12.2 Å². The summed E-state index contributed by atoms with van der Waals surface area (Å²) < 4.78 is 0. The minimum atomic E-state index is -0.419. The summed E-state index contributed by atoms with van der Waals surface area (Å²) in [7, 11) is 0. The summed E-state index contributed by atoms with van der Waals surface area (Å²) in [6.07, 6.45) is 2.81. The smallest absolute Gasteiger partial charge is 0.254 e. The second-order valence-corrected chi connectivity index (χ2v) is 1.79. The number of carbonyl (C=O) groups excluding carboxylic acids is 3. The number of carbonyl (C=O) groups is 3. The minimum absolute atomic E-state index is 0.148. The number of rotatable bonds is 2. The van der Waals surface area contributed by atoms with Crippen molar-refractivity contribution in [1.29, 1.82) is 0 Å². The van der Waals surface area contributed by atoms with E-state index in [-0.39, 0.29) is 6.54 Å². The van der Waals surface area contributed by atoms with Crippen LogP contribution in [0.1, 0.15) is 13.8 Å². The average molecular weight is 169 g/mol. The molecule has 1 heterocycles. The largest absolute Gasteiger partial charge is 0.301 e. The fourth-order valence-corrected chi connectivity index (χ4v) is 0.686. The van der Waals surface area contributed by atoms with Crippen molar-refractivity contribution in [2.24, 2.45) is 0 Å². The Morgan fingerprint density at radius 1 is 1.25 bits per heavy atom. The highest BCUT2D eigenvalue weighted by molar-refractivity contribution is 6.13. The Hall–Kier alpha value is -1.45. The molecule has 0 aromatic heterocycles. The summed E-state index contributed by atoms with van der Waals surface area (Å²) in [6, 6.07) is 0. The summed E-state index contributed by atoms with van der Waals surface area (Å²) in [4.78, 5) is 32.0. The third-order valence-electron chi connectivity index (χ3n) is 1.16. The molecule has 0 aliphatic carbocycles. The molecule has 0 N–H and O–H groups in total. The van der Waals surface area contributed by atoms with Crippen molar-refractivity contribution < 1.29 is 14.4 Å². The Balaban J connectivity index is 0.000000561. The lowest BCUT2D eigenvalue weighted by molar-refractivity contribution is -0.138. The van der Waals surface area contributed by atoms with Crippen LogP contribution in [0.4, 0.5) is 0 Å². The first-order valence-electron chi connectivity index (χ1n) is 3.73. The molecular formula is C8H11NO3. The summed E-state index contributed by atoms with van der Waals surface area (Å²) >= 11 is 0. The van der Waals surface area contributed by atoms with Crippen molar-refractivity contribution in [2.45, 2.75) is 13.8 Å². The lowest BCUT2D eigenvalue weighted by Gasteiger charge is -2.07. The SMILES string of the molecule is CC.O=CCN1C(=O)C=CC1=O. The van der Waals surface area contributed by atoms with E-state index in [9.17, 15) is 14.4 Å².